The summed E-state index contributed by atoms with van der Waals surface area (Å²) in [5, 5.41) is 11.8. The fourth-order valence-corrected chi connectivity index (χ4v) is 2.07. The number of nitro groups is 1. The van der Waals surface area contributed by atoms with Crippen LogP contribution in [0, 0.1) is 17.0 Å². The number of fused-ring (bicyclic) bond motifs is 1. The van der Waals surface area contributed by atoms with E-state index in [1.165, 1.54) is 11.8 Å². The highest BCUT2D eigenvalue weighted by Gasteiger charge is 2.15. The molecule has 2 rings (SSSR count). The first-order valence-corrected chi connectivity index (χ1v) is 5.93. The van der Waals surface area contributed by atoms with E-state index >= 15 is 0 Å². The lowest BCUT2D eigenvalue weighted by molar-refractivity contribution is -0.383. The lowest BCUT2D eigenvalue weighted by atomic mass is 10.1. The van der Waals surface area contributed by atoms with Gasteiger partial charge in [0.1, 0.15) is 5.52 Å². The second-order valence-corrected chi connectivity index (χ2v) is 4.31. The van der Waals surface area contributed by atoms with Crippen LogP contribution in [0.3, 0.4) is 0 Å². The summed E-state index contributed by atoms with van der Waals surface area (Å²) in [5.41, 5.74) is 1.54. The zero-order valence-electron chi connectivity index (χ0n) is 8.93. The number of aryl methyl sites for hydroxylation is 1. The maximum Gasteiger partial charge on any atom is 0.296 e. The van der Waals surface area contributed by atoms with E-state index in [9.17, 15) is 10.1 Å². The van der Waals surface area contributed by atoms with Crippen molar-refractivity contribution in [3.8, 4) is 0 Å². The fraction of sp³-hybridized carbons (Fsp3) is 0.182. The van der Waals surface area contributed by atoms with Gasteiger partial charge in [-0.15, -0.1) is 11.8 Å². The third-order valence-electron chi connectivity index (χ3n) is 2.45. The van der Waals surface area contributed by atoms with E-state index in [-0.39, 0.29) is 10.6 Å². The van der Waals surface area contributed by atoms with Crippen LogP contribution in [0.25, 0.3) is 10.9 Å². The second kappa shape index (κ2) is 4.09. The monoisotopic (exact) mass is 234 g/mol. The highest BCUT2D eigenvalue weighted by Crippen LogP contribution is 2.31. The van der Waals surface area contributed by atoms with Gasteiger partial charge < -0.3 is 0 Å². The summed E-state index contributed by atoms with van der Waals surface area (Å²) in [5.74, 6) is 0. The van der Waals surface area contributed by atoms with Crippen LogP contribution in [0.4, 0.5) is 5.69 Å². The lowest BCUT2D eigenvalue weighted by Crippen LogP contribution is -1.93. The van der Waals surface area contributed by atoms with E-state index in [2.05, 4.69) is 4.98 Å². The van der Waals surface area contributed by atoms with Crippen molar-refractivity contribution >= 4 is 28.4 Å². The molecule has 5 heteroatoms. The minimum atomic E-state index is -0.380. The number of non-ortho nitro benzene ring substituents is 1. The SMILES string of the molecule is CSc1cc([N+](=O)[O-])c2nccc(C)c2c1. The largest absolute Gasteiger partial charge is 0.296 e. The number of pyridine rings is 1. The number of benzene rings is 1. The minimum Gasteiger partial charge on any atom is -0.258 e. The van der Waals surface area contributed by atoms with E-state index in [1.807, 2.05) is 25.3 Å². The van der Waals surface area contributed by atoms with Crippen molar-refractivity contribution in [3.05, 3.63) is 40.1 Å². The number of nitro benzene ring substituents is 1. The number of hydrogen-bond acceptors (Lipinski definition) is 4. The van der Waals surface area contributed by atoms with E-state index in [1.54, 1.807) is 12.3 Å². The Morgan fingerprint density at radius 3 is 2.81 bits per heavy atom. The molecule has 0 amide bonds. The van der Waals surface area contributed by atoms with Crippen molar-refractivity contribution in [2.45, 2.75) is 11.8 Å². The van der Waals surface area contributed by atoms with Crippen molar-refractivity contribution in [2.24, 2.45) is 0 Å². The first-order valence-electron chi connectivity index (χ1n) is 4.71. The summed E-state index contributed by atoms with van der Waals surface area (Å²) in [6.07, 6.45) is 3.50. The molecule has 1 aromatic carbocycles. The van der Waals surface area contributed by atoms with Crippen molar-refractivity contribution in [2.75, 3.05) is 6.26 Å². The summed E-state index contributed by atoms with van der Waals surface area (Å²) in [4.78, 5) is 15.5. The third-order valence-corrected chi connectivity index (χ3v) is 3.16. The highest BCUT2D eigenvalue weighted by atomic mass is 32.2. The fourth-order valence-electron chi connectivity index (χ4n) is 1.60. The average molecular weight is 234 g/mol. The molecule has 1 aromatic heterocycles. The van der Waals surface area contributed by atoms with E-state index in [0.29, 0.717) is 5.52 Å². The van der Waals surface area contributed by atoms with E-state index in [4.69, 9.17) is 0 Å². The van der Waals surface area contributed by atoms with Crippen LogP contribution >= 0.6 is 11.8 Å². The van der Waals surface area contributed by atoms with Gasteiger partial charge in [-0.05, 0) is 30.9 Å². The molecule has 0 aliphatic rings. The molecule has 16 heavy (non-hydrogen) atoms. The normalized spacial score (nSPS) is 10.6. The summed E-state index contributed by atoms with van der Waals surface area (Å²) >= 11 is 1.49. The molecule has 0 N–H and O–H groups in total. The Morgan fingerprint density at radius 2 is 2.19 bits per heavy atom. The molecule has 0 aliphatic carbocycles. The van der Waals surface area contributed by atoms with Gasteiger partial charge in [0.15, 0.2) is 0 Å². The van der Waals surface area contributed by atoms with Gasteiger partial charge >= 0.3 is 0 Å². The Morgan fingerprint density at radius 1 is 1.44 bits per heavy atom. The van der Waals surface area contributed by atoms with Crippen LogP contribution in [-0.2, 0) is 0 Å². The molecule has 0 bridgehead atoms. The molecule has 0 fully saturated rings. The predicted molar refractivity (Wildman–Crippen MR) is 64.9 cm³/mol. The standard InChI is InChI=1S/C11H10N2O2S/c1-7-3-4-12-11-9(7)5-8(16-2)6-10(11)13(14)15/h3-6H,1-2H3. The molecule has 0 atom stereocenters. The van der Waals surface area contributed by atoms with Crippen LogP contribution in [-0.4, -0.2) is 16.2 Å². The molecule has 0 radical (unpaired) electrons. The Hall–Kier alpha value is -1.62. The van der Waals surface area contributed by atoms with Crippen LogP contribution < -0.4 is 0 Å². The van der Waals surface area contributed by atoms with E-state index in [0.717, 1.165) is 15.8 Å². The minimum absolute atomic E-state index is 0.0746. The average Bonchev–Trinajstić information content (AvgIpc) is 2.28. The van der Waals surface area contributed by atoms with Gasteiger partial charge in [0.05, 0.1) is 4.92 Å². The van der Waals surface area contributed by atoms with Crippen LogP contribution in [0.1, 0.15) is 5.56 Å². The van der Waals surface area contributed by atoms with Gasteiger partial charge in [-0.1, -0.05) is 0 Å². The van der Waals surface area contributed by atoms with Gasteiger partial charge in [-0.2, -0.15) is 0 Å². The first-order chi connectivity index (χ1) is 7.63. The summed E-state index contributed by atoms with van der Waals surface area (Å²) in [7, 11) is 0. The van der Waals surface area contributed by atoms with Crippen molar-refractivity contribution in [1.29, 1.82) is 0 Å². The summed E-state index contributed by atoms with van der Waals surface area (Å²) in [6, 6.07) is 5.37. The molecule has 0 spiro atoms. The number of nitrogens with zero attached hydrogens (tertiary/aromatic N) is 2. The number of aromatic nitrogens is 1. The van der Waals surface area contributed by atoms with Crippen LogP contribution in [0.5, 0.6) is 0 Å². The first kappa shape index (κ1) is 10.9. The Bertz CT molecular complexity index is 569. The highest BCUT2D eigenvalue weighted by molar-refractivity contribution is 7.98. The summed E-state index contributed by atoms with van der Waals surface area (Å²) < 4.78 is 0. The molecule has 0 unspecified atom stereocenters. The molecular weight excluding hydrogens is 224 g/mol. The molecule has 4 nitrogen and oxygen atoms in total. The van der Waals surface area contributed by atoms with Crippen LogP contribution in [0.2, 0.25) is 0 Å². The Balaban J connectivity index is 2.87. The second-order valence-electron chi connectivity index (χ2n) is 3.43. The number of thioether (sulfide) groups is 1. The zero-order chi connectivity index (χ0) is 11.7. The van der Waals surface area contributed by atoms with Gasteiger partial charge in [0.2, 0.25) is 0 Å². The maximum atomic E-state index is 11.0. The van der Waals surface area contributed by atoms with Gasteiger partial charge in [-0.3, -0.25) is 10.1 Å². The summed E-state index contributed by atoms with van der Waals surface area (Å²) in [6.45, 7) is 1.93. The van der Waals surface area contributed by atoms with Gasteiger partial charge in [-0.25, -0.2) is 4.98 Å². The quantitative estimate of drug-likeness (QED) is 0.455. The van der Waals surface area contributed by atoms with Crippen molar-refractivity contribution in [1.82, 2.24) is 4.98 Å². The molecule has 82 valence electrons. The zero-order valence-corrected chi connectivity index (χ0v) is 9.75. The van der Waals surface area contributed by atoms with E-state index < -0.39 is 0 Å². The Labute approximate surface area is 96.8 Å². The van der Waals surface area contributed by atoms with Gasteiger partial charge in [0.25, 0.3) is 5.69 Å². The smallest absolute Gasteiger partial charge is 0.258 e. The molecule has 0 aliphatic heterocycles. The number of rotatable bonds is 2. The molecule has 0 saturated carbocycles. The molecular formula is C11H10N2O2S. The predicted octanol–water partition coefficient (Wildman–Crippen LogP) is 3.17. The third kappa shape index (κ3) is 1.74. The Kier molecular flexibility index (Phi) is 2.78. The van der Waals surface area contributed by atoms with Crippen molar-refractivity contribution in [3.63, 3.8) is 0 Å². The van der Waals surface area contributed by atoms with Gasteiger partial charge in [0, 0.05) is 22.5 Å². The maximum absolute atomic E-state index is 11.0. The van der Waals surface area contributed by atoms with Crippen molar-refractivity contribution < 1.29 is 4.92 Å². The number of hydrogen-bond donors (Lipinski definition) is 0. The topological polar surface area (TPSA) is 56.0 Å². The molecule has 1 heterocycles. The molecule has 2 aromatic rings. The molecule has 0 saturated heterocycles. The lowest BCUT2D eigenvalue weighted by Gasteiger charge is -2.04. The van der Waals surface area contributed by atoms with Crippen LogP contribution in [0.15, 0.2) is 29.3 Å².